The number of anilines is 1. The summed E-state index contributed by atoms with van der Waals surface area (Å²) in [6.07, 6.45) is 2.71. The van der Waals surface area contributed by atoms with Crippen LogP contribution in [0.4, 0.5) is 5.82 Å². The van der Waals surface area contributed by atoms with Crippen LogP contribution in [0.25, 0.3) is 0 Å². The van der Waals surface area contributed by atoms with Crippen molar-refractivity contribution < 1.29 is 27.3 Å². The molecule has 9 nitrogen and oxygen atoms in total. The van der Waals surface area contributed by atoms with E-state index < -0.39 is 28.5 Å². The zero-order chi connectivity index (χ0) is 20.9. The summed E-state index contributed by atoms with van der Waals surface area (Å²) >= 11 is 0. The Hall–Kier alpha value is -2.72. The predicted octanol–water partition coefficient (Wildman–Crippen LogP) is 1.88. The number of nitrogens with one attached hydrogen (secondary N) is 1. The molecule has 1 aromatic heterocycles. The van der Waals surface area contributed by atoms with E-state index in [9.17, 15) is 18.0 Å². The standard InChI is InChI=1S/C19H23N3O6S/c1-14-11-17(21-28-14)20-18(23)13-27-19(24)12-15-5-7-16(8-6-15)29(25,26)22-9-3-2-4-10-22/h5-8,11H,2-4,9-10,12-13H2,1H3,(H,20,21,23). The van der Waals surface area contributed by atoms with Crippen molar-refractivity contribution >= 4 is 27.7 Å². The van der Waals surface area contributed by atoms with Crippen LogP contribution in [0.3, 0.4) is 0 Å². The number of piperidine rings is 1. The minimum absolute atomic E-state index is 0.0691. The van der Waals surface area contributed by atoms with Crippen LogP contribution >= 0.6 is 0 Å². The van der Waals surface area contributed by atoms with Crippen LogP contribution < -0.4 is 5.32 Å². The summed E-state index contributed by atoms with van der Waals surface area (Å²) in [5.41, 5.74) is 0.597. The van der Waals surface area contributed by atoms with Gasteiger partial charge in [0, 0.05) is 19.2 Å². The van der Waals surface area contributed by atoms with Gasteiger partial charge in [0.2, 0.25) is 10.0 Å². The Balaban J connectivity index is 1.50. The lowest BCUT2D eigenvalue weighted by Crippen LogP contribution is -2.35. The molecule has 0 unspecified atom stereocenters. The van der Waals surface area contributed by atoms with E-state index in [0.717, 1.165) is 19.3 Å². The third-order valence-corrected chi connectivity index (χ3v) is 6.40. The molecule has 2 aromatic rings. The first-order chi connectivity index (χ1) is 13.8. The zero-order valence-electron chi connectivity index (χ0n) is 16.1. The highest BCUT2D eigenvalue weighted by atomic mass is 32.2. The molecule has 0 atom stereocenters. The number of esters is 1. The Morgan fingerprint density at radius 1 is 1.17 bits per heavy atom. The first kappa shape index (κ1) is 21.0. The number of carbonyl (C=O) groups excluding carboxylic acids is 2. The maximum Gasteiger partial charge on any atom is 0.310 e. The first-order valence-corrected chi connectivity index (χ1v) is 10.8. The topological polar surface area (TPSA) is 119 Å². The van der Waals surface area contributed by atoms with Gasteiger partial charge in [-0.3, -0.25) is 9.59 Å². The highest BCUT2D eigenvalue weighted by molar-refractivity contribution is 7.89. The minimum Gasteiger partial charge on any atom is -0.455 e. The number of rotatable bonds is 7. The number of aryl methyl sites for hydroxylation is 1. The Kier molecular flexibility index (Phi) is 6.65. The fourth-order valence-electron chi connectivity index (χ4n) is 3.00. The van der Waals surface area contributed by atoms with E-state index in [4.69, 9.17) is 9.26 Å². The van der Waals surface area contributed by atoms with Gasteiger partial charge in [-0.15, -0.1) is 0 Å². The smallest absolute Gasteiger partial charge is 0.310 e. The molecule has 10 heteroatoms. The number of benzene rings is 1. The van der Waals surface area contributed by atoms with E-state index in [1.807, 2.05) is 0 Å². The summed E-state index contributed by atoms with van der Waals surface area (Å²) < 4.78 is 36.5. The lowest BCUT2D eigenvalue weighted by Gasteiger charge is -2.25. The second-order valence-electron chi connectivity index (χ2n) is 6.82. The molecule has 29 heavy (non-hydrogen) atoms. The van der Waals surface area contributed by atoms with Crippen molar-refractivity contribution in [1.29, 1.82) is 0 Å². The Morgan fingerprint density at radius 3 is 2.48 bits per heavy atom. The number of aromatic nitrogens is 1. The summed E-state index contributed by atoms with van der Waals surface area (Å²) in [4.78, 5) is 23.9. The Bertz CT molecular complexity index is 962. The van der Waals surface area contributed by atoms with Gasteiger partial charge in [0.05, 0.1) is 11.3 Å². The van der Waals surface area contributed by atoms with Gasteiger partial charge < -0.3 is 14.6 Å². The van der Waals surface area contributed by atoms with Crippen molar-refractivity contribution in [2.75, 3.05) is 25.0 Å². The zero-order valence-corrected chi connectivity index (χ0v) is 16.9. The Labute approximate surface area is 169 Å². The summed E-state index contributed by atoms with van der Waals surface area (Å²) in [5.74, 6) is -0.338. The largest absolute Gasteiger partial charge is 0.455 e. The van der Waals surface area contributed by atoms with Crippen molar-refractivity contribution in [1.82, 2.24) is 9.46 Å². The number of nitrogens with zero attached hydrogens (tertiary/aromatic N) is 2. The van der Waals surface area contributed by atoms with Gasteiger partial charge in [-0.2, -0.15) is 4.31 Å². The molecule has 0 bridgehead atoms. The second kappa shape index (κ2) is 9.19. The SMILES string of the molecule is Cc1cc(NC(=O)COC(=O)Cc2ccc(S(=O)(=O)N3CCCCC3)cc2)no1. The van der Waals surface area contributed by atoms with E-state index in [-0.39, 0.29) is 17.1 Å². The van der Waals surface area contributed by atoms with Crippen molar-refractivity contribution in [2.45, 2.75) is 37.5 Å². The van der Waals surface area contributed by atoms with Crippen LogP contribution in [0.5, 0.6) is 0 Å². The van der Waals surface area contributed by atoms with E-state index in [1.165, 1.54) is 16.4 Å². The highest BCUT2D eigenvalue weighted by Crippen LogP contribution is 2.21. The molecule has 0 radical (unpaired) electrons. The van der Waals surface area contributed by atoms with Crippen LogP contribution in [-0.2, 0) is 30.8 Å². The maximum absolute atomic E-state index is 12.6. The molecule has 0 spiro atoms. The molecule has 1 fully saturated rings. The molecule has 2 heterocycles. The minimum atomic E-state index is -3.51. The molecule has 0 aliphatic carbocycles. The van der Waals surface area contributed by atoms with Crippen LogP contribution in [0.2, 0.25) is 0 Å². The summed E-state index contributed by atoms with van der Waals surface area (Å²) in [7, 11) is -3.51. The molecular formula is C19H23N3O6S. The van der Waals surface area contributed by atoms with E-state index in [1.54, 1.807) is 25.1 Å². The highest BCUT2D eigenvalue weighted by Gasteiger charge is 2.25. The summed E-state index contributed by atoms with van der Waals surface area (Å²) in [6.45, 7) is 2.30. The number of hydrogen-bond acceptors (Lipinski definition) is 7. The third kappa shape index (κ3) is 5.64. The lowest BCUT2D eigenvalue weighted by molar-refractivity contribution is -0.146. The van der Waals surface area contributed by atoms with Gasteiger partial charge in [0.1, 0.15) is 5.76 Å². The number of amides is 1. The molecule has 1 aliphatic heterocycles. The van der Waals surface area contributed by atoms with Gasteiger partial charge >= 0.3 is 5.97 Å². The van der Waals surface area contributed by atoms with Gasteiger partial charge in [-0.05, 0) is 37.5 Å². The predicted molar refractivity (Wildman–Crippen MR) is 104 cm³/mol. The molecule has 3 rings (SSSR count). The molecule has 1 saturated heterocycles. The number of carbonyl (C=O) groups is 2. The Morgan fingerprint density at radius 2 is 1.86 bits per heavy atom. The fraction of sp³-hybridized carbons (Fsp3) is 0.421. The van der Waals surface area contributed by atoms with Gasteiger partial charge in [0.25, 0.3) is 5.91 Å². The molecule has 1 N–H and O–H groups in total. The summed E-state index contributed by atoms with van der Waals surface area (Å²) in [6, 6.07) is 7.68. The lowest BCUT2D eigenvalue weighted by atomic mass is 10.1. The van der Waals surface area contributed by atoms with Crippen LogP contribution in [0.1, 0.15) is 30.6 Å². The monoisotopic (exact) mass is 421 g/mol. The van der Waals surface area contributed by atoms with Crippen molar-refractivity contribution in [3.63, 3.8) is 0 Å². The van der Waals surface area contributed by atoms with Crippen LogP contribution in [-0.4, -0.2) is 49.5 Å². The van der Waals surface area contributed by atoms with Crippen molar-refractivity contribution in [3.05, 3.63) is 41.7 Å². The van der Waals surface area contributed by atoms with Crippen LogP contribution in [0, 0.1) is 6.92 Å². The number of hydrogen-bond donors (Lipinski definition) is 1. The second-order valence-corrected chi connectivity index (χ2v) is 8.76. The van der Waals surface area contributed by atoms with Gasteiger partial charge in [-0.1, -0.05) is 23.7 Å². The third-order valence-electron chi connectivity index (χ3n) is 4.48. The molecule has 156 valence electrons. The quantitative estimate of drug-likeness (QED) is 0.678. The first-order valence-electron chi connectivity index (χ1n) is 9.32. The molecular weight excluding hydrogens is 398 g/mol. The maximum atomic E-state index is 12.6. The van der Waals surface area contributed by atoms with Crippen LogP contribution in [0.15, 0.2) is 39.8 Å². The normalized spacial score (nSPS) is 15.1. The average molecular weight is 421 g/mol. The molecule has 1 amide bonds. The fourth-order valence-corrected chi connectivity index (χ4v) is 4.52. The summed E-state index contributed by atoms with van der Waals surface area (Å²) in [5, 5.41) is 6.06. The van der Waals surface area contributed by atoms with Crippen molar-refractivity contribution in [2.24, 2.45) is 0 Å². The average Bonchev–Trinajstić information content (AvgIpc) is 3.12. The van der Waals surface area contributed by atoms with E-state index in [0.29, 0.717) is 24.4 Å². The molecule has 1 aromatic carbocycles. The van der Waals surface area contributed by atoms with Gasteiger partial charge in [0.15, 0.2) is 12.4 Å². The number of sulfonamides is 1. The van der Waals surface area contributed by atoms with Crippen molar-refractivity contribution in [3.8, 4) is 0 Å². The van der Waals surface area contributed by atoms with Gasteiger partial charge in [-0.25, -0.2) is 8.42 Å². The molecule has 1 aliphatic rings. The van der Waals surface area contributed by atoms with E-state index in [2.05, 4.69) is 10.5 Å². The molecule has 0 saturated carbocycles. The van der Waals surface area contributed by atoms with E-state index >= 15 is 0 Å². The number of ether oxygens (including phenoxy) is 1.